The molecule has 112 valence electrons. The number of nitrogens with zero attached hydrogens (tertiary/aromatic N) is 3. The second-order valence-electron chi connectivity index (χ2n) is 4.60. The van der Waals surface area contributed by atoms with Crippen molar-refractivity contribution in [2.24, 2.45) is 5.73 Å². The third-order valence-corrected chi connectivity index (χ3v) is 3.01. The van der Waals surface area contributed by atoms with E-state index in [0.29, 0.717) is 18.9 Å². The largest absolute Gasteiger partial charge is 0.380 e. The Kier molecular flexibility index (Phi) is 5.42. The number of amides is 1. The number of rotatable bonds is 7. The molecule has 0 bridgehead atoms. The zero-order valence-electron chi connectivity index (χ0n) is 11.9. The molecule has 1 unspecified atom stereocenters. The fourth-order valence-corrected chi connectivity index (χ4v) is 1.86. The first-order valence-electron chi connectivity index (χ1n) is 6.66. The van der Waals surface area contributed by atoms with Gasteiger partial charge in [-0.2, -0.15) is 5.10 Å². The van der Waals surface area contributed by atoms with Crippen molar-refractivity contribution in [1.29, 1.82) is 0 Å². The van der Waals surface area contributed by atoms with Crippen molar-refractivity contribution >= 4 is 11.7 Å². The van der Waals surface area contributed by atoms with E-state index in [1.54, 1.807) is 23.1 Å². The van der Waals surface area contributed by atoms with Gasteiger partial charge in [0.25, 0.3) is 0 Å². The second-order valence-corrected chi connectivity index (χ2v) is 4.60. The first-order valence-corrected chi connectivity index (χ1v) is 6.66. The fourth-order valence-electron chi connectivity index (χ4n) is 1.86. The van der Waals surface area contributed by atoms with Crippen molar-refractivity contribution in [3.63, 3.8) is 0 Å². The maximum Gasteiger partial charge on any atom is 0.228 e. The maximum absolute atomic E-state index is 11.8. The van der Waals surface area contributed by atoms with Crippen LogP contribution in [0.3, 0.4) is 0 Å². The molecule has 0 aliphatic rings. The van der Waals surface area contributed by atoms with E-state index >= 15 is 0 Å². The highest BCUT2D eigenvalue weighted by Gasteiger charge is 2.12. The van der Waals surface area contributed by atoms with Crippen LogP contribution in [0.5, 0.6) is 0 Å². The summed E-state index contributed by atoms with van der Waals surface area (Å²) in [5.74, 6) is 0.349. The lowest BCUT2D eigenvalue weighted by Crippen LogP contribution is -2.28. The van der Waals surface area contributed by atoms with Crippen LogP contribution in [0.2, 0.25) is 0 Å². The zero-order chi connectivity index (χ0) is 15.1. The molecule has 1 amide bonds. The highest BCUT2D eigenvalue weighted by Crippen LogP contribution is 2.07. The first-order chi connectivity index (χ1) is 10.2. The summed E-state index contributed by atoms with van der Waals surface area (Å²) in [6.45, 7) is 0.933. The number of nitrogens with two attached hydrogens (primary N) is 1. The molecule has 0 aromatic carbocycles. The Bertz CT molecular complexity index is 566. The van der Waals surface area contributed by atoms with Gasteiger partial charge in [-0.15, -0.1) is 0 Å². The topological polar surface area (TPSA) is 95.1 Å². The van der Waals surface area contributed by atoms with E-state index in [1.165, 1.54) is 7.11 Å². The minimum absolute atomic E-state index is 0.165. The number of anilines is 1. The number of carbonyl (C=O) groups excluding carboxylic acids is 1. The molecule has 2 heterocycles. The molecule has 1 atom stereocenters. The standard InChI is InChI=1S/C14H19N5O2/c1-21-12(9-15)8-14(20)17-13-4-7-19(18-13)10-11-2-5-16-6-3-11/h2-7,12H,8-10,15H2,1H3,(H,17,18,20). The molecule has 0 radical (unpaired) electrons. The number of aromatic nitrogens is 3. The Balaban J connectivity index is 1.89. The molecule has 21 heavy (non-hydrogen) atoms. The van der Waals surface area contributed by atoms with E-state index < -0.39 is 0 Å². The summed E-state index contributed by atoms with van der Waals surface area (Å²) >= 11 is 0. The van der Waals surface area contributed by atoms with Gasteiger partial charge in [-0.3, -0.25) is 14.5 Å². The van der Waals surface area contributed by atoms with Crippen molar-refractivity contribution in [3.8, 4) is 0 Å². The van der Waals surface area contributed by atoms with Gasteiger partial charge < -0.3 is 15.8 Å². The molecule has 2 aromatic rings. The molecule has 7 nitrogen and oxygen atoms in total. The summed E-state index contributed by atoms with van der Waals surface area (Å²) in [7, 11) is 1.54. The van der Waals surface area contributed by atoms with E-state index in [4.69, 9.17) is 10.5 Å². The van der Waals surface area contributed by atoms with Crippen molar-refractivity contribution < 1.29 is 9.53 Å². The molecule has 2 rings (SSSR count). The fraction of sp³-hybridized carbons (Fsp3) is 0.357. The maximum atomic E-state index is 11.8. The Labute approximate surface area is 123 Å². The molecule has 0 saturated carbocycles. The van der Waals surface area contributed by atoms with Gasteiger partial charge in [0.15, 0.2) is 5.82 Å². The highest BCUT2D eigenvalue weighted by atomic mass is 16.5. The molecule has 0 spiro atoms. The third kappa shape index (κ3) is 4.66. The van der Waals surface area contributed by atoms with Crippen LogP contribution in [0.15, 0.2) is 36.8 Å². The van der Waals surface area contributed by atoms with Crippen LogP contribution in [0, 0.1) is 0 Å². The molecule has 0 aliphatic heterocycles. The molecule has 0 saturated heterocycles. The van der Waals surface area contributed by atoms with E-state index in [9.17, 15) is 4.79 Å². The van der Waals surface area contributed by atoms with Gasteiger partial charge in [0.1, 0.15) is 0 Å². The Morgan fingerprint density at radius 2 is 2.19 bits per heavy atom. The minimum atomic E-state index is -0.274. The van der Waals surface area contributed by atoms with Crippen LogP contribution in [-0.4, -0.2) is 40.4 Å². The SMILES string of the molecule is COC(CN)CC(=O)Nc1ccn(Cc2ccncc2)n1. The lowest BCUT2D eigenvalue weighted by molar-refractivity contribution is -0.118. The molecule has 3 N–H and O–H groups in total. The number of nitrogens with one attached hydrogen (secondary N) is 1. The van der Waals surface area contributed by atoms with Crippen LogP contribution in [0.25, 0.3) is 0 Å². The zero-order valence-corrected chi connectivity index (χ0v) is 11.9. The molecule has 0 fully saturated rings. The summed E-state index contributed by atoms with van der Waals surface area (Å²) in [5.41, 5.74) is 6.58. The van der Waals surface area contributed by atoms with Crippen molar-refractivity contribution in [2.75, 3.05) is 19.0 Å². The van der Waals surface area contributed by atoms with Gasteiger partial charge in [0, 0.05) is 38.3 Å². The molecule has 2 aromatic heterocycles. The van der Waals surface area contributed by atoms with E-state index in [2.05, 4.69) is 15.4 Å². The number of ether oxygens (including phenoxy) is 1. The lowest BCUT2D eigenvalue weighted by Gasteiger charge is -2.11. The monoisotopic (exact) mass is 289 g/mol. The van der Waals surface area contributed by atoms with E-state index in [-0.39, 0.29) is 18.4 Å². The predicted molar refractivity (Wildman–Crippen MR) is 78.7 cm³/mol. The van der Waals surface area contributed by atoms with Gasteiger partial charge in [-0.1, -0.05) is 0 Å². The Hall–Kier alpha value is -2.25. The smallest absolute Gasteiger partial charge is 0.228 e. The summed E-state index contributed by atoms with van der Waals surface area (Å²) in [5, 5.41) is 7.03. The van der Waals surface area contributed by atoms with E-state index in [0.717, 1.165) is 5.56 Å². The number of pyridine rings is 1. The van der Waals surface area contributed by atoms with Crippen molar-refractivity contribution in [2.45, 2.75) is 19.1 Å². The molecule has 0 aliphatic carbocycles. The normalized spacial score (nSPS) is 12.1. The van der Waals surface area contributed by atoms with Crippen LogP contribution in [0.4, 0.5) is 5.82 Å². The summed E-state index contributed by atoms with van der Waals surface area (Å²) < 4.78 is 6.83. The van der Waals surface area contributed by atoms with Crippen LogP contribution >= 0.6 is 0 Å². The highest BCUT2D eigenvalue weighted by molar-refractivity contribution is 5.90. The van der Waals surface area contributed by atoms with Gasteiger partial charge in [0.05, 0.1) is 19.1 Å². The molecular formula is C14H19N5O2. The molecule has 7 heteroatoms. The van der Waals surface area contributed by atoms with Crippen LogP contribution in [-0.2, 0) is 16.1 Å². The van der Waals surface area contributed by atoms with Crippen molar-refractivity contribution in [3.05, 3.63) is 42.4 Å². The van der Waals surface area contributed by atoms with Gasteiger partial charge in [-0.05, 0) is 17.7 Å². The quantitative estimate of drug-likeness (QED) is 0.779. The number of hydrogen-bond donors (Lipinski definition) is 2. The number of methoxy groups -OCH3 is 1. The average Bonchev–Trinajstić information content (AvgIpc) is 2.92. The lowest BCUT2D eigenvalue weighted by atomic mass is 10.2. The van der Waals surface area contributed by atoms with Crippen molar-refractivity contribution in [1.82, 2.24) is 14.8 Å². The van der Waals surface area contributed by atoms with Gasteiger partial charge >= 0.3 is 0 Å². The first kappa shape index (κ1) is 15.1. The third-order valence-electron chi connectivity index (χ3n) is 3.01. The minimum Gasteiger partial charge on any atom is -0.380 e. The average molecular weight is 289 g/mol. The molecular weight excluding hydrogens is 270 g/mol. The predicted octanol–water partition coefficient (Wildman–Crippen LogP) is 0.629. The Morgan fingerprint density at radius 1 is 1.43 bits per heavy atom. The Morgan fingerprint density at radius 3 is 2.86 bits per heavy atom. The van der Waals surface area contributed by atoms with Gasteiger partial charge in [0.2, 0.25) is 5.91 Å². The van der Waals surface area contributed by atoms with Gasteiger partial charge in [-0.25, -0.2) is 0 Å². The summed E-state index contributed by atoms with van der Waals surface area (Å²) in [6.07, 6.45) is 5.22. The van der Waals surface area contributed by atoms with Crippen LogP contribution in [0.1, 0.15) is 12.0 Å². The summed E-state index contributed by atoms with van der Waals surface area (Å²) in [4.78, 5) is 15.8. The van der Waals surface area contributed by atoms with E-state index in [1.807, 2.05) is 18.3 Å². The number of carbonyl (C=O) groups is 1. The second kappa shape index (κ2) is 7.51. The van der Waals surface area contributed by atoms with Crippen LogP contribution < -0.4 is 11.1 Å². The number of hydrogen-bond acceptors (Lipinski definition) is 5. The summed E-state index contributed by atoms with van der Waals surface area (Å²) in [6, 6.07) is 5.60.